The Hall–Kier alpha value is -2.58. The van der Waals surface area contributed by atoms with Gasteiger partial charge in [-0.25, -0.2) is 0 Å². The van der Waals surface area contributed by atoms with Crippen molar-refractivity contribution >= 4 is 0 Å². The predicted octanol–water partition coefficient (Wildman–Crippen LogP) is 4.74. The van der Waals surface area contributed by atoms with Gasteiger partial charge >= 0.3 is 0 Å². The van der Waals surface area contributed by atoms with Crippen LogP contribution in [0, 0.1) is 6.92 Å². The van der Waals surface area contributed by atoms with Gasteiger partial charge in [0, 0.05) is 0 Å². The molecule has 0 unspecified atom stereocenters. The van der Waals surface area contributed by atoms with E-state index in [-0.39, 0.29) is 0 Å². The lowest BCUT2D eigenvalue weighted by Gasteiger charge is -2.12. The zero-order valence-electron chi connectivity index (χ0n) is 14.0. The van der Waals surface area contributed by atoms with E-state index in [9.17, 15) is 0 Å². The molecule has 0 aliphatic carbocycles. The average molecular weight is 317 g/mol. The maximum Gasteiger partial charge on any atom is 0.120 e. The van der Waals surface area contributed by atoms with Gasteiger partial charge in [0.15, 0.2) is 0 Å². The minimum Gasteiger partial charge on any atom is -0.489 e. The smallest absolute Gasteiger partial charge is 0.120 e. The number of nitrogens with two attached hydrogens (primary N) is 1. The van der Waals surface area contributed by atoms with E-state index in [4.69, 9.17) is 10.5 Å². The standard InChI is InChI=1S/C22H23NO/c1-17-10-11-19(12-13-23)22(14-17)20-8-5-9-21(15-20)24-16-18-6-3-2-4-7-18/h2-11,14-15H,12-13,16,23H2,1H3. The van der Waals surface area contributed by atoms with Crippen molar-refractivity contribution in [3.63, 3.8) is 0 Å². The Morgan fingerprint density at radius 2 is 1.71 bits per heavy atom. The van der Waals surface area contributed by atoms with E-state index in [0.29, 0.717) is 13.2 Å². The lowest BCUT2D eigenvalue weighted by molar-refractivity contribution is 0.306. The molecule has 0 aliphatic heterocycles. The fraction of sp³-hybridized carbons (Fsp3) is 0.182. The van der Waals surface area contributed by atoms with Crippen molar-refractivity contribution in [2.75, 3.05) is 6.54 Å². The van der Waals surface area contributed by atoms with Gasteiger partial charge in [0.2, 0.25) is 0 Å². The first-order valence-corrected chi connectivity index (χ1v) is 8.33. The molecule has 3 aromatic rings. The fourth-order valence-corrected chi connectivity index (χ4v) is 2.83. The topological polar surface area (TPSA) is 35.2 Å². The van der Waals surface area contributed by atoms with Crippen LogP contribution in [0.4, 0.5) is 0 Å². The maximum absolute atomic E-state index is 5.96. The van der Waals surface area contributed by atoms with Crippen LogP contribution in [0.1, 0.15) is 16.7 Å². The van der Waals surface area contributed by atoms with Crippen molar-refractivity contribution in [3.05, 3.63) is 89.5 Å². The summed E-state index contributed by atoms with van der Waals surface area (Å²) in [7, 11) is 0. The molecular formula is C22H23NO. The molecule has 0 bridgehead atoms. The van der Waals surface area contributed by atoms with Crippen molar-refractivity contribution in [1.29, 1.82) is 0 Å². The van der Waals surface area contributed by atoms with Gasteiger partial charge in [-0.05, 0) is 54.3 Å². The molecule has 0 saturated heterocycles. The van der Waals surface area contributed by atoms with Gasteiger partial charge in [-0.3, -0.25) is 0 Å². The molecule has 0 atom stereocenters. The third-order valence-electron chi connectivity index (χ3n) is 4.07. The van der Waals surface area contributed by atoms with Gasteiger partial charge in [0.1, 0.15) is 12.4 Å². The van der Waals surface area contributed by atoms with Crippen LogP contribution in [-0.4, -0.2) is 6.54 Å². The summed E-state index contributed by atoms with van der Waals surface area (Å²) in [6.45, 7) is 3.35. The van der Waals surface area contributed by atoms with Gasteiger partial charge < -0.3 is 10.5 Å². The van der Waals surface area contributed by atoms with E-state index in [1.807, 2.05) is 30.3 Å². The number of aryl methyl sites for hydroxylation is 1. The number of ether oxygens (including phenoxy) is 1. The number of hydrogen-bond donors (Lipinski definition) is 1. The van der Waals surface area contributed by atoms with Gasteiger partial charge in [0.05, 0.1) is 0 Å². The third-order valence-corrected chi connectivity index (χ3v) is 4.07. The molecule has 2 N–H and O–H groups in total. The first-order valence-electron chi connectivity index (χ1n) is 8.33. The van der Waals surface area contributed by atoms with Crippen LogP contribution < -0.4 is 10.5 Å². The normalized spacial score (nSPS) is 10.6. The molecular weight excluding hydrogens is 294 g/mol. The van der Waals surface area contributed by atoms with E-state index in [1.165, 1.54) is 27.8 Å². The molecule has 0 heterocycles. The van der Waals surface area contributed by atoms with Crippen LogP contribution >= 0.6 is 0 Å². The van der Waals surface area contributed by atoms with Crippen molar-refractivity contribution in [2.45, 2.75) is 20.0 Å². The van der Waals surface area contributed by atoms with E-state index in [1.54, 1.807) is 0 Å². The molecule has 0 fully saturated rings. The molecule has 24 heavy (non-hydrogen) atoms. The van der Waals surface area contributed by atoms with Crippen molar-refractivity contribution in [2.24, 2.45) is 5.73 Å². The highest BCUT2D eigenvalue weighted by Gasteiger charge is 2.07. The Kier molecular flexibility index (Phi) is 5.29. The summed E-state index contributed by atoms with van der Waals surface area (Å²) in [5.41, 5.74) is 11.9. The van der Waals surface area contributed by atoms with Crippen LogP contribution in [-0.2, 0) is 13.0 Å². The summed E-state index contributed by atoms with van der Waals surface area (Å²) in [4.78, 5) is 0. The van der Waals surface area contributed by atoms with Crippen LogP contribution in [0.2, 0.25) is 0 Å². The minimum atomic E-state index is 0.577. The first-order chi connectivity index (χ1) is 11.8. The van der Waals surface area contributed by atoms with Crippen LogP contribution in [0.15, 0.2) is 72.8 Å². The fourth-order valence-electron chi connectivity index (χ4n) is 2.83. The summed E-state index contributed by atoms with van der Waals surface area (Å²) in [5, 5.41) is 0. The van der Waals surface area contributed by atoms with E-state index in [0.717, 1.165) is 12.2 Å². The second-order valence-corrected chi connectivity index (χ2v) is 6.00. The van der Waals surface area contributed by atoms with Crippen LogP contribution in [0.5, 0.6) is 5.75 Å². The molecule has 0 saturated carbocycles. The lowest BCUT2D eigenvalue weighted by Crippen LogP contribution is -2.04. The van der Waals surface area contributed by atoms with Gasteiger partial charge in [-0.2, -0.15) is 0 Å². The van der Waals surface area contributed by atoms with Crippen molar-refractivity contribution in [1.82, 2.24) is 0 Å². The Morgan fingerprint density at radius 3 is 2.50 bits per heavy atom. The van der Waals surface area contributed by atoms with E-state index < -0.39 is 0 Å². The molecule has 122 valence electrons. The largest absolute Gasteiger partial charge is 0.489 e. The van der Waals surface area contributed by atoms with Gasteiger partial charge in [0.25, 0.3) is 0 Å². The first kappa shape index (κ1) is 16.3. The second kappa shape index (κ2) is 7.80. The second-order valence-electron chi connectivity index (χ2n) is 6.00. The highest BCUT2D eigenvalue weighted by Crippen LogP contribution is 2.28. The predicted molar refractivity (Wildman–Crippen MR) is 100 cm³/mol. The minimum absolute atomic E-state index is 0.577. The molecule has 3 aromatic carbocycles. The molecule has 3 rings (SSSR count). The highest BCUT2D eigenvalue weighted by atomic mass is 16.5. The van der Waals surface area contributed by atoms with Crippen molar-refractivity contribution in [3.8, 4) is 16.9 Å². The van der Waals surface area contributed by atoms with Gasteiger partial charge in [-0.1, -0.05) is 66.2 Å². The molecule has 0 spiro atoms. The zero-order valence-corrected chi connectivity index (χ0v) is 14.0. The Labute approximate surface area is 143 Å². The quantitative estimate of drug-likeness (QED) is 0.712. The van der Waals surface area contributed by atoms with E-state index >= 15 is 0 Å². The maximum atomic E-state index is 5.96. The number of hydrogen-bond acceptors (Lipinski definition) is 2. The average Bonchev–Trinajstić information content (AvgIpc) is 2.63. The van der Waals surface area contributed by atoms with Crippen LogP contribution in [0.3, 0.4) is 0 Å². The number of benzene rings is 3. The SMILES string of the molecule is Cc1ccc(CCN)c(-c2cccc(OCc3ccccc3)c2)c1. The molecule has 0 radical (unpaired) electrons. The Balaban J connectivity index is 1.84. The summed E-state index contributed by atoms with van der Waals surface area (Å²) in [6, 6.07) is 25.0. The summed E-state index contributed by atoms with van der Waals surface area (Å²) < 4.78 is 5.96. The Morgan fingerprint density at radius 1 is 0.875 bits per heavy atom. The monoisotopic (exact) mass is 317 g/mol. The molecule has 0 aliphatic rings. The van der Waals surface area contributed by atoms with E-state index in [2.05, 4.69) is 49.4 Å². The zero-order chi connectivity index (χ0) is 16.8. The Bertz CT molecular complexity index is 796. The van der Waals surface area contributed by atoms with Gasteiger partial charge in [-0.15, -0.1) is 0 Å². The molecule has 2 nitrogen and oxygen atoms in total. The van der Waals surface area contributed by atoms with Crippen LogP contribution in [0.25, 0.3) is 11.1 Å². The molecule has 0 aromatic heterocycles. The summed E-state index contributed by atoms with van der Waals surface area (Å²) >= 11 is 0. The highest BCUT2D eigenvalue weighted by molar-refractivity contribution is 5.69. The van der Waals surface area contributed by atoms with Crippen molar-refractivity contribution < 1.29 is 4.74 Å². The summed E-state index contributed by atoms with van der Waals surface area (Å²) in [6.07, 6.45) is 0.880. The molecule has 2 heteroatoms. The molecule has 0 amide bonds. The summed E-state index contributed by atoms with van der Waals surface area (Å²) in [5.74, 6) is 0.886. The lowest BCUT2D eigenvalue weighted by atomic mass is 9.95. The third kappa shape index (κ3) is 4.03. The number of rotatable bonds is 6.